The molecule has 1 rings (SSSR count). The standard InChI is InChI=1S/C10H12O3/c1-3-10(9(12)13-2)7-5-4-6-8(10)11/h4-7H,3H2,1-2H3. The molecule has 1 aliphatic carbocycles. The fourth-order valence-electron chi connectivity index (χ4n) is 1.38. The zero-order chi connectivity index (χ0) is 9.90. The molecule has 0 fully saturated rings. The van der Waals surface area contributed by atoms with Gasteiger partial charge in [-0.1, -0.05) is 25.2 Å². The number of ether oxygens (including phenoxy) is 1. The van der Waals surface area contributed by atoms with Crippen LogP contribution in [-0.2, 0) is 14.3 Å². The van der Waals surface area contributed by atoms with Gasteiger partial charge in [0, 0.05) is 0 Å². The Bertz CT molecular complexity index is 289. The fraction of sp³-hybridized carbons (Fsp3) is 0.400. The SMILES string of the molecule is CCC1(C(=O)OC)C=CC=CC1=O. The predicted molar refractivity (Wildman–Crippen MR) is 48.0 cm³/mol. The zero-order valence-electron chi connectivity index (χ0n) is 7.74. The van der Waals surface area contributed by atoms with Crippen molar-refractivity contribution in [1.82, 2.24) is 0 Å². The van der Waals surface area contributed by atoms with Crippen molar-refractivity contribution in [3.63, 3.8) is 0 Å². The Kier molecular flexibility index (Phi) is 2.66. The summed E-state index contributed by atoms with van der Waals surface area (Å²) in [5, 5.41) is 0. The molecule has 1 aliphatic rings. The van der Waals surface area contributed by atoms with Crippen LogP contribution in [0.15, 0.2) is 24.3 Å². The lowest BCUT2D eigenvalue weighted by atomic mass is 9.78. The fourth-order valence-corrected chi connectivity index (χ4v) is 1.38. The number of rotatable bonds is 2. The number of ketones is 1. The van der Waals surface area contributed by atoms with Gasteiger partial charge in [-0.2, -0.15) is 0 Å². The normalized spacial score (nSPS) is 26.2. The first-order valence-corrected chi connectivity index (χ1v) is 4.16. The van der Waals surface area contributed by atoms with Gasteiger partial charge in [0.25, 0.3) is 0 Å². The Labute approximate surface area is 77.1 Å². The molecule has 70 valence electrons. The topological polar surface area (TPSA) is 43.4 Å². The van der Waals surface area contributed by atoms with E-state index in [1.165, 1.54) is 13.2 Å². The molecule has 0 N–H and O–H groups in total. The number of hydrogen-bond acceptors (Lipinski definition) is 3. The molecule has 0 bridgehead atoms. The third-order valence-electron chi connectivity index (χ3n) is 2.29. The molecule has 0 aliphatic heterocycles. The first-order chi connectivity index (χ1) is 6.17. The second-order valence-electron chi connectivity index (χ2n) is 2.90. The first-order valence-electron chi connectivity index (χ1n) is 4.16. The molecule has 0 aromatic heterocycles. The molecule has 0 spiro atoms. The lowest BCUT2D eigenvalue weighted by Gasteiger charge is -2.24. The summed E-state index contributed by atoms with van der Waals surface area (Å²) in [6.07, 6.45) is 6.75. The Balaban J connectivity index is 3.06. The average molecular weight is 180 g/mol. The molecule has 3 nitrogen and oxygen atoms in total. The molecule has 1 atom stereocenters. The monoisotopic (exact) mass is 180 g/mol. The maximum atomic E-state index is 11.5. The van der Waals surface area contributed by atoms with Crippen LogP contribution in [0.1, 0.15) is 13.3 Å². The van der Waals surface area contributed by atoms with Crippen molar-refractivity contribution in [3.8, 4) is 0 Å². The van der Waals surface area contributed by atoms with Crippen LogP contribution in [0.5, 0.6) is 0 Å². The Morgan fingerprint density at radius 3 is 2.69 bits per heavy atom. The van der Waals surface area contributed by atoms with Gasteiger partial charge in [0.15, 0.2) is 5.78 Å². The minimum atomic E-state index is -1.08. The van der Waals surface area contributed by atoms with Gasteiger partial charge in [-0.3, -0.25) is 9.59 Å². The molecule has 0 aromatic rings. The molecule has 3 heteroatoms. The molecule has 0 radical (unpaired) electrons. The number of esters is 1. The van der Waals surface area contributed by atoms with Gasteiger partial charge >= 0.3 is 5.97 Å². The minimum Gasteiger partial charge on any atom is -0.468 e. The van der Waals surface area contributed by atoms with Crippen molar-refractivity contribution < 1.29 is 14.3 Å². The Morgan fingerprint density at radius 1 is 1.54 bits per heavy atom. The lowest BCUT2D eigenvalue weighted by molar-refractivity contribution is -0.153. The van der Waals surface area contributed by atoms with Crippen molar-refractivity contribution in [3.05, 3.63) is 24.3 Å². The van der Waals surface area contributed by atoms with Crippen molar-refractivity contribution in [1.29, 1.82) is 0 Å². The van der Waals surface area contributed by atoms with Crippen molar-refractivity contribution in [2.45, 2.75) is 13.3 Å². The maximum Gasteiger partial charge on any atom is 0.323 e. The van der Waals surface area contributed by atoms with Crippen LogP contribution >= 0.6 is 0 Å². The zero-order valence-corrected chi connectivity index (χ0v) is 7.74. The van der Waals surface area contributed by atoms with E-state index in [4.69, 9.17) is 0 Å². The summed E-state index contributed by atoms with van der Waals surface area (Å²) in [5.74, 6) is -0.690. The van der Waals surface area contributed by atoms with Crippen molar-refractivity contribution >= 4 is 11.8 Å². The molecular formula is C10H12O3. The largest absolute Gasteiger partial charge is 0.468 e. The van der Waals surface area contributed by atoms with Gasteiger partial charge in [0.2, 0.25) is 0 Å². The summed E-state index contributed by atoms with van der Waals surface area (Å²) in [5.41, 5.74) is -1.08. The van der Waals surface area contributed by atoms with Crippen molar-refractivity contribution in [2.24, 2.45) is 5.41 Å². The van der Waals surface area contributed by atoms with Crippen LogP contribution in [-0.4, -0.2) is 18.9 Å². The third-order valence-corrected chi connectivity index (χ3v) is 2.29. The van der Waals surface area contributed by atoms with E-state index >= 15 is 0 Å². The van der Waals surface area contributed by atoms with Gasteiger partial charge in [-0.05, 0) is 12.5 Å². The summed E-state index contributed by atoms with van der Waals surface area (Å²) in [4.78, 5) is 22.9. The molecular weight excluding hydrogens is 168 g/mol. The smallest absolute Gasteiger partial charge is 0.323 e. The highest BCUT2D eigenvalue weighted by Gasteiger charge is 2.42. The van der Waals surface area contributed by atoms with Gasteiger partial charge < -0.3 is 4.74 Å². The summed E-state index contributed by atoms with van der Waals surface area (Å²) in [6, 6.07) is 0. The van der Waals surface area contributed by atoms with Crippen LogP contribution in [0.25, 0.3) is 0 Å². The maximum absolute atomic E-state index is 11.5. The molecule has 1 unspecified atom stereocenters. The van der Waals surface area contributed by atoms with Gasteiger partial charge in [-0.25, -0.2) is 0 Å². The number of methoxy groups -OCH3 is 1. The Hall–Kier alpha value is -1.38. The van der Waals surface area contributed by atoms with E-state index in [0.717, 1.165) is 0 Å². The van der Waals surface area contributed by atoms with Crippen LogP contribution in [0.2, 0.25) is 0 Å². The highest BCUT2D eigenvalue weighted by molar-refractivity contribution is 6.11. The van der Waals surface area contributed by atoms with Crippen LogP contribution in [0, 0.1) is 5.41 Å². The number of carbonyl (C=O) groups excluding carboxylic acids is 2. The highest BCUT2D eigenvalue weighted by Crippen LogP contribution is 2.29. The number of allylic oxidation sites excluding steroid dienone is 3. The van der Waals surface area contributed by atoms with E-state index in [-0.39, 0.29) is 5.78 Å². The molecule has 0 heterocycles. The van der Waals surface area contributed by atoms with E-state index in [1.54, 1.807) is 25.2 Å². The Morgan fingerprint density at radius 2 is 2.23 bits per heavy atom. The van der Waals surface area contributed by atoms with Crippen LogP contribution in [0.3, 0.4) is 0 Å². The van der Waals surface area contributed by atoms with E-state index < -0.39 is 11.4 Å². The second-order valence-corrected chi connectivity index (χ2v) is 2.90. The van der Waals surface area contributed by atoms with E-state index in [0.29, 0.717) is 6.42 Å². The third kappa shape index (κ3) is 1.41. The van der Waals surface area contributed by atoms with Gasteiger partial charge in [0.05, 0.1) is 7.11 Å². The van der Waals surface area contributed by atoms with Crippen LogP contribution < -0.4 is 0 Å². The molecule has 0 aromatic carbocycles. The number of hydrogen-bond donors (Lipinski definition) is 0. The minimum absolute atomic E-state index is 0.204. The van der Waals surface area contributed by atoms with E-state index in [9.17, 15) is 9.59 Å². The summed E-state index contributed by atoms with van der Waals surface area (Å²) in [7, 11) is 1.29. The summed E-state index contributed by atoms with van der Waals surface area (Å²) >= 11 is 0. The predicted octanol–water partition coefficient (Wildman–Crippen LogP) is 1.25. The second kappa shape index (κ2) is 3.56. The summed E-state index contributed by atoms with van der Waals surface area (Å²) in [6.45, 7) is 1.79. The first kappa shape index (κ1) is 9.71. The summed E-state index contributed by atoms with van der Waals surface area (Å²) < 4.78 is 4.61. The van der Waals surface area contributed by atoms with E-state index in [1.807, 2.05) is 0 Å². The molecule has 0 saturated heterocycles. The molecule has 13 heavy (non-hydrogen) atoms. The quantitative estimate of drug-likeness (QED) is 0.474. The molecule has 0 amide bonds. The molecule has 0 saturated carbocycles. The number of carbonyl (C=O) groups is 2. The van der Waals surface area contributed by atoms with Crippen molar-refractivity contribution in [2.75, 3.05) is 7.11 Å². The van der Waals surface area contributed by atoms with Gasteiger partial charge in [-0.15, -0.1) is 0 Å². The van der Waals surface area contributed by atoms with E-state index in [2.05, 4.69) is 4.74 Å². The van der Waals surface area contributed by atoms with Gasteiger partial charge in [0.1, 0.15) is 5.41 Å². The lowest BCUT2D eigenvalue weighted by Crippen LogP contribution is -2.38. The average Bonchev–Trinajstić information content (AvgIpc) is 2.18. The van der Waals surface area contributed by atoms with Crippen LogP contribution in [0.4, 0.5) is 0 Å². The highest BCUT2D eigenvalue weighted by atomic mass is 16.5.